The van der Waals surface area contributed by atoms with Crippen molar-refractivity contribution in [3.63, 3.8) is 0 Å². The fraction of sp³-hybridized carbons (Fsp3) is 0.909. The molecule has 3 nitrogen and oxygen atoms in total. The summed E-state index contributed by atoms with van der Waals surface area (Å²) >= 11 is 0. The van der Waals surface area contributed by atoms with Crippen LogP contribution in [0.5, 0.6) is 0 Å². The minimum Gasteiger partial charge on any atom is -0.414 e. The quantitative estimate of drug-likeness (QED) is 0.514. The van der Waals surface area contributed by atoms with Gasteiger partial charge in [-0.05, 0) is 93.7 Å². The van der Waals surface area contributed by atoms with Crippen LogP contribution in [0.25, 0.3) is 0 Å². The molecule has 0 heterocycles. The zero-order chi connectivity index (χ0) is 18.7. The third-order valence-corrected chi connectivity index (χ3v) is 9.67. The average Bonchev–Trinajstić information content (AvgIpc) is 2.89. The first-order valence-corrected chi connectivity index (χ1v) is 14.3. The number of hydrogen-bond donors (Lipinski definition) is 0. The monoisotopic (exact) mass is 376 g/mol. The van der Waals surface area contributed by atoms with Gasteiger partial charge < -0.3 is 9.22 Å². The van der Waals surface area contributed by atoms with Crippen molar-refractivity contribution < 1.29 is 14.0 Å². The van der Waals surface area contributed by atoms with Gasteiger partial charge in [0.25, 0.3) is 0 Å². The second-order valence-corrected chi connectivity index (χ2v) is 15.4. The minimum absolute atomic E-state index is 0.199. The van der Waals surface area contributed by atoms with Gasteiger partial charge in [0.15, 0.2) is 8.32 Å². The lowest BCUT2D eigenvalue weighted by Gasteiger charge is -2.59. The predicted octanol–water partition coefficient (Wildman–Crippen LogP) is 5.00. The van der Waals surface area contributed by atoms with E-state index >= 15 is 0 Å². The van der Waals surface area contributed by atoms with Gasteiger partial charge in [-0.1, -0.05) is 6.92 Å². The van der Waals surface area contributed by atoms with Crippen LogP contribution in [-0.2, 0) is 14.0 Å². The smallest absolute Gasteiger partial charge is 0.184 e. The highest BCUT2D eigenvalue weighted by Crippen LogP contribution is 2.66. The minimum atomic E-state index is -1.54. The third-order valence-electron chi connectivity index (χ3n) is 8.68. The van der Waals surface area contributed by atoms with Crippen LogP contribution in [0.4, 0.5) is 0 Å². The van der Waals surface area contributed by atoms with Crippen molar-refractivity contribution in [1.82, 2.24) is 0 Å². The number of ketones is 1. The summed E-state index contributed by atoms with van der Waals surface area (Å²) in [6, 6.07) is 0. The third kappa shape index (κ3) is 2.78. The van der Waals surface area contributed by atoms with Crippen molar-refractivity contribution in [2.75, 3.05) is 0 Å². The Kier molecular flexibility index (Phi) is 4.55. The molecule has 0 unspecified atom stereocenters. The van der Waals surface area contributed by atoms with Crippen molar-refractivity contribution in [1.29, 1.82) is 0 Å². The van der Waals surface area contributed by atoms with E-state index in [0.717, 1.165) is 19.3 Å². The second-order valence-electron chi connectivity index (χ2n) is 11.0. The standard InChI is InChI=1S/C22H36O3Si/c1-21-11-10-19-17(18(21)7-8-20(21)25-26(2,3)4)6-5-15-13-16(24)9-12-22(15,19)14-23/h14-15,17-20H,5-13H2,1-4H3/t15-,17-,18-,19-,20-,21-,22+/m0/s1. The van der Waals surface area contributed by atoms with Crippen LogP contribution >= 0.6 is 0 Å². The van der Waals surface area contributed by atoms with Crippen LogP contribution in [0.3, 0.4) is 0 Å². The van der Waals surface area contributed by atoms with Crippen molar-refractivity contribution in [3.8, 4) is 0 Å². The van der Waals surface area contributed by atoms with Gasteiger partial charge in [0.1, 0.15) is 12.1 Å². The molecule has 0 aromatic rings. The van der Waals surface area contributed by atoms with Crippen molar-refractivity contribution in [2.45, 2.75) is 90.5 Å². The van der Waals surface area contributed by atoms with Crippen LogP contribution < -0.4 is 0 Å². The molecular formula is C22H36O3Si. The van der Waals surface area contributed by atoms with E-state index in [1.54, 1.807) is 0 Å². The lowest BCUT2D eigenvalue weighted by atomic mass is 9.45. The fourth-order valence-electron chi connectivity index (χ4n) is 7.55. The Morgan fingerprint density at radius 2 is 1.81 bits per heavy atom. The van der Waals surface area contributed by atoms with Crippen LogP contribution in [0.2, 0.25) is 19.6 Å². The van der Waals surface area contributed by atoms with Gasteiger partial charge in [0.2, 0.25) is 0 Å². The molecule has 26 heavy (non-hydrogen) atoms. The molecule has 0 aliphatic heterocycles. The zero-order valence-corrected chi connectivity index (χ0v) is 18.1. The van der Waals surface area contributed by atoms with Crippen LogP contribution in [0.15, 0.2) is 0 Å². The molecule has 0 aromatic carbocycles. The zero-order valence-electron chi connectivity index (χ0n) is 17.1. The molecule has 4 rings (SSSR count). The van der Waals surface area contributed by atoms with Gasteiger partial charge >= 0.3 is 0 Å². The first kappa shape index (κ1) is 18.9. The summed E-state index contributed by atoms with van der Waals surface area (Å²) in [5.41, 5.74) is 0.0960. The molecule has 0 spiro atoms. The van der Waals surface area contributed by atoms with E-state index in [1.807, 2.05) is 0 Å². The highest BCUT2D eigenvalue weighted by atomic mass is 28.4. The lowest BCUT2D eigenvalue weighted by molar-refractivity contribution is -0.153. The highest BCUT2D eigenvalue weighted by molar-refractivity contribution is 6.69. The molecule has 0 amide bonds. The van der Waals surface area contributed by atoms with Gasteiger partial charge in [-0.3, -0.25) is 4.79 Å². The molecule has 0 aromatic heterocycles. The van der Waals surface area contributed by atoms with Crippen LogP contribution in [0, 0.1) is 34.5 Å². The van der Waals surface area contributed by atoms with E-state index in [4.69, 9.17) is 4.43 Å². The Hall–Kier alpha value is -0.483. The first-order chi connectivity index (χ1) is 12.2. The Morgan fingerprint density at radius 1 is 1.04 bits per heavy atom. The average molecular weight is 377 g/mol. The van der Waals surface area contributed by atoms with E-state index in [9.17, 15) is 9.59 Å². The summed E-state index contributed by atoms with van der Waals surface area (Å²) in [4.78, 5) is 24.4. The topological polar surface area (TPSA) is 43.4 Å². The molecule has 4 aliphatic carbocycles. The summed E-state index contributed by atoms with van der Waals surface area (Å²) in [7, 11) is -1.54. The SMILES string of the molecule is C[C@]12CC[C@H]3[C@@H](CC[C@H]4CC(=O)CC[C@@]43C=O)[C@@H]1CC[C@@H]2O[Si](C)(C)C. The molecule has 4 heteroatoms. The van der Waals surface area contributed by atoms with Gasteiger partial charge in [-0.25, -0.2) is 0 Å². The van der Waals surface area contributed by atoms with E-state index in [0.29, 0.717) is 53.8 Å². The van der Waals surface area contributed by atoms with E-state index < -0.39 is 8.32 Å². The number of aldehydes is 1. The molecule has 0 N–H and O–H groups in total. The summed E-state index contributed by atoms with van der Waals surface area (Å²) < 4.78 is 6.65. The fourth-order valence-corrected chi connectivity index (χ4v) is 8.79. The molecule has 4 fully saturated rings. The first-order valence-electron chi connectivity index (χ1n) is 10.9. The Labute approximate surface area is 159 Å². The van der Waals surface area contributed by atoms with Crippen molar-refractivity contribution in [2.24, 2.45) is 34.5 Å². The highest BCUT2D eigenvalue weighted by Gasteiger charge is 2.62. The summed E-state index contributed by atoms with van der Waals surface area (Å²) in [6.07, 6.45) is 10.9. The van der Waals surface area contributed by atoms with Gasteiger partial charge in [-0.15, -0.1) is 0 Å². The number of rotatable bonds is 3. The molecule has 7 atom stereocenters. The molecule has 4 aliphatic rings. The number of hydrogen-bond acceptors (Lipinski definition) is 3. The maximum Gasteiger partial charge on any atom is 0.184 e. The summed E-state index contributed by atoms with van der Waals surface area (Å²) in [5, 5.41) is 0. The van der Waals surface area contributed by atoms with Crippen LogP contribution in [-0.4, -0.2) is 26.5 Å². The van der Waals surface area contributed by atoms with Gasteiger partial charge in [0, 0.05) is 18.3 Å². The van der Waals surface area contributed by atoms with E-state index in [2.05, 4.69) is 26.6 Å². The number of fused-ring (bicyclic) bond motifs is 5. The van der Waals surface area contributed by atoms with E-state index in [1.165, 1.54) is 32.0 Å². The summed E-state index contributed by atoms with van der Waals surface area (Å²) in [5.74, 6) is 2.59. The normalized spacial score (nSPS) is 48.5. The summed E-state index contributed by atoms with van der Waals surface area (Å²) in [6.45, 7) is 9.40. The largest absolute Gasteiger partial charge is 0.414 e. The Balaban J connectivity index is 1.60. The maximum absolute atomic E-state index is 12.4. The molecule has 4 saturated carbocycles. The van der Waals surface area contributed by atoms with Crippen molar-refractivity contribution >= 4 is 20.4 Å². The Morgan fingerprint density at radius 3 is 2.50 bits per heavy atom. The molecule has 0 bridgehead atoms. The molecule has 0 radical (unpaired) electrons. The molecule has 0 saturated heterocycles. The van der Waals surface area contributed by atoms with E-state index in [-0.39, 0.29) is 5.41 Å². The number of carbonyl (C=O) groups excluding carboxylic acids is 2. The second kappa shape index (κ2) is 6.27. The lowest BCUT2D eigenvalue weighted by Crippen LogP contribution is -2.56. The molecular weight excluding hydrogens is 340 g/mol. The Bertz CT molecular complexity index is 597. The predicted molar refractivity (Wildman–Crippen MR) is 105 cm³/mol. The van der Waals surface area contributed by atoms with Crippen molar-refractivity contribution in [3.05, 3.63) is 0 Å². The maximum atomic E-state index is 12.4. The number of carbonyl (C=O) groups is 2. The van der Waals surface area contributed by atoms with Crippen LogP contribution in [0.1, 0.15) is 64.7 Å². The van der Waals surface area contributed by atoms with Gasteiger partial charge in [-0.2, -0.15) is 0 Å². The molecule has 146 valence electrons. The van der Waals surface area contributed by atoms with Gasteiger partial charge in [0.05, 0.1) is 6.10 Å². The number of Topliss-reactive ketones (excluding diaryl/α,β-unsaturated/α-hetero) is 1.